The van der Waals surface area contributed by atoms with Crippen molar-refractivity contribution in [2.24, 2.45) is 0 Å². The third kappa shape index (κ3) is 42.5. The number of allylic oxidation sites excluding steroid dienone is 8. The van der Waals surface area contributed by atoms with Crippen LogP contribution in [0.5, 0.6) is 0 Å². The lowest BCUT2D eigenvalue weighted by Gasteiger charge is -2.18. The predicted molar refractivity (Wildman–Crippen MR) is 238 cm³/mol. The summed E-state index contributed by atoms with van der Waals surface area (Å²) >= 11 is 0. The van der Waals surface area contributed by atoms with Gasteiger partial charge in [-0.15, -0.1) is 0 Å². The highest BCUT2D eigenvalue weighted by atomic mass is 16.6. The van der Waals surface area contributed by atoms with Crippen LogP contribution in [-0.2, 0) is 28.6 Å². The van der Waals surface area contributed by atoms with Crippen LogP contribution in [0.25, 0.3) is 0 Å². The number of carbonyl (C=O) groups excluding carboxylic acids is 3. The van der Waals surface area contributed by atoms with Crippen LogP contribution in [0.3, 0.4) is 0 Å². The number of rotatable bonds is 42. The Balaban J connectivity index is 4.36. The summed E-state index contributed by atoms with van der Waals surface area (Å²) < 4.78 is 16.7. The fraction of sp³-hybridized carbons (Fsp3) is 0.780. The van der Waals surface area contributed by atoms with E-state index in [1.807, 2.05) is 0 Å². The molecule has 0 N–H and O–H groups in total. The third-order valence-corrected chi connectivity index (χ3v) is 10.1. The highest BCUT2D eigenvalue weighted by Gasteiger charge is 2.19. The van der Waals surface area contributed by atoms with Crippen molar-refractivity contribution in [2.45, 2.75) is 239 Å². The first-order chi connectivity index (χ1) is 27.5. The van der Waals surface area contributed by atoms with E-state index in [0.717, 1.165) is 64.2 Å². The van der Waals surface area contributed by atoms with Gasteiger partial charge in [-0.05, 0) is 70.6 Å². The molecule has 0 rings (SSSR count). The summed E-state index contributed by atoms with van der Waals surface area (Å²) in [5.74, 6) is -0.953. The molecule has 6 nitrogen and oxygen atoms in total. The smallest absolute Gasteiger partial charge is 0.306 e. The zero-order valence-corrected chi connectivity index (χ0v) is 36.9. The van der Waals surface area contributed by atoms with Gasteiger partial charge < -0.3 is 14.2 Å². The lowest BCUT2D eigenvalue weighted by Crippen LogP contribution is -2.30. The standard InChI is InChI=1S/C50H88O6/c1-4-7-10-13-16-19-22-23-24-25-26-27-29-31-34-37-40-43-49(52)55-46-47(45-54-48(51)42-39-36-33-30-21-18-15-12-9-6-3)56-50(53)44-41-38-35-32-28-20-17-14-11-8-5-2/h8,11,17,20,23-24,32,35,47H,4-7,9-10,12-16,18-19,21-22,25-31,33-34,36-46H2,1-3H3/b11-8-,20-17-,24-23-,35-32-. The normalized spacial score (nSPS) is 12.4. The second-order valence-corrected chi connectivity index (χ2v) is 15.6. The summed E-state index contributed by atoms with van der Waals surface area (Å²) in [5.41, 5.74) is 0. The molecule has 0 aromatic carbocycles. The average molecular weight is 785 g/mol. The number of hydrogen-bond acceptors (Lipinski definition) is 6. The van der Waals surface area contributed by atoms with Gasteiger partial charge in [0.25, 0.3) is 0 Å². The molecule has 0 aliphatic heterocycles. The monoisotopic (exact) mass is 785 g/mol. The maximum Gasteiger partial charge on any atom is 0.306 e. The topological polar surface area (TPSA) is 78.9 Å². The molecule has 0 amide bonds. The summed E-state index contributed by atoms with van der Waals surface area (Å²) in [6.45, 7) is 6.45. The molecule has 1 atom stereocenters. The Labute approximate surface area is 346 Å². The molecule has 0 heterocycles. The third-order valence-electron chi connectivity index (χ3n) is 10.1. The van der Waals surface area contributed by atoms with Gasteiger partial charge in [-0.2, -0.15) is 0 Å². The Hall–Kier alpha value is -2.63. The molecule has 0 saturated heterocycles. The van der Waals surface area contributed by atoms with E-state index in [-0.39, 0.29) is 37.5 Å². The lowest BCUT2D eigenvalue weighted by molar-refractivity contribution is -0.167. The minimum Gasteiger partial charge on any atom is -0.462 e. The van der Waals surface area contributed by atoms with Crippen molar-refractivity contribution in [1.29, 1.82) is 0 Å². The van der Waals surface area contributed by atoms with Gasteiger partial charge in [0.15, 0.2) is 6.10 Å². The van der Waals surface area contributed by atoms with Gasteiger partial charge in [-0.25, -0.2) is 0 Å². The maximum absolute atomic E-state index is 12.7. The van der Waals surface area contributed by atoms with Crippen molar-refractivity contribution in [3.63, 3.8) is 0 Å². The summed E-state index contributed by atoms with van der Waals surface area (Å²) in [4.78, 5) is 37.7. The summed E-state index contributed by atoms with van der Waals surface area (Å²) in [5, 5.41) is 0. The fourth-order valence-electron chi connectivity index (χ4n) is 6.52. The number of unbranched alkanes of at least 4 members (excludes halogenated alkanes) is 23. The van der Waals surface area contributed by atoms with E-state index < -0.39 is 6.10 Å². The fourth-order valence-corrected chi connectivity index (χ4v) is 6.52. The molecular formula is C50H88O6. The molecule has 0 aliphatic carbocycles. The quantitative estimate of drug-likeness (QED) is 0.0265. The van der Waals surface area contributed by atoms with E-state index in [2.05, 4.69) is 69.4 Å². The van der Waals surface area contributed by atoms with Crippen molar-refractivity contribution in [3.8, 4) is 0 Å². The molecule has 1 unspecified atom stereocenters. The number of ether oxygens (including phenoxy) is 3. The largest absolute Gasteiger partial charge is 0.462 e. The number of esters is 3. The lowest BCUT2D eigenvalue weighted by atomic mass is 10.1. The number of hydrogen-bond donors (Lipinski definition) is 0. The highest BCUT2D eigenvalue weighted by Crippen LogP contribution is 2.14. The Morgan fingerprint density at radius 3 is 1.16 bits per heavy atom. The Bertz CT molecular complexity index is 996. The molecule has 6 heteroatoms. The van der Waals surface area contributed by atoms with Crippen LogP contribution >= 0.6 is 0 Å². The van der Waals surface area contributed by atoms with E-state index in [1.54, 1.807) is 0 Å². The van der Waals surface area contributed by atoms with Crippen LogP contribution in [0, 0.1) is 0 Å². The summed E-state index contributed by atoms with van der Waals surface area (Å²) in [7, 11) is 0. The van der Waals surface area contributed by atoms with Crippen LogP contribution < -0.4 is 0 Å². The summed E-state index contributed by atoms with van der Waals surface area (Å²) in [6, 6.07) is 0. The van der Waals surface area contributed by atoms with Gasteiger partial charge in [0.05, 0.1) is 0 Å². The van der Waals surface area contributed by atoms with E-state index in [0.29, 0.717) is 19.3 Å². The van der Waals surface area contributed by atoms with Crippen LogP contribution in [0.1, 0.15) is 233 Å². The van der Waals surface area contributed by atoms with Crippen LogP contribution in [-0.4, -0.2) is 37.2 Å². The van der Waals surface area contributed by atoms with Gasteiger partial charge >= 0.3 is 17.9 Å². The van der Waals surface area contributed by atoms with Gasteiger partial charge in [0.1, 0.15) is 13.2 Å². The van der Waals surface area contributed by atoms with Crippen LogP contribution in [0.2, 0.25) is 0 Å². The Kier molecular flexibility index (Phi) is 43.0. The molecule has 0 radical (unpaired) electrons. The first kappa shape index (κ1) is 53.4. The molecule has 0 fully saturated rings. The molecular weight excluding hydrogens is 697 g/mol. The first-order valence-electron chi connectivity index (χ1n) is 23.6. The summed E-state index contributed by atoms with van der Waals surface area (Å²) in [6.07, 6.45) is 52.5. The second-order valence-electron chi connectivity index (χ2n) is 15.6. The minimum atomic E-state index is -0.795. The zero-order valence-electron chi connectivity index (χ0n) is 36.9. The Morgan fingerprint density at radius 2 is 0.714 bits per heavy atom. The van der Waals surface area contributed by atoms with Crippen molar-refractivity contribution in [1.82, 2.24) is 0 Å². The van der Waals surface area contributed by atoms with Gasteiger partial charge in [0, 0.05) is 19.3 Å². The molecule has 0 aliphatic rings. The van der Waals surface area contributed by atoms with Crippen molar-refractivity contribution < 1.29 is 28.6 Å². The van der Waals surface area contributed by atoms with Crippen molar-refractivity contribution in [3.05, 3.63) is 48.6 Å². The van der Waals surface area contributed by atoms with Gasteiger partial charge in [0.2, 0.25) is 0 Å². The SMILES string of the molecule is CC/C=C\C/C=C\C/C=C\CCCC(=O)OC(COC(=O)CCCCCCCCC/C=C\CCCCCCCC)COC(=O)CCCCCCCCCCCC. The maximum atomic E-state index is 12.7. The van der Waals surface area contributed by atoms with Crippen LogP contribution in [0.15, 0.2) is 48.6 Å². The molecule has 0 aromatic heterocycles. The first-order valence-corrected chi connectivity index (χ1v) is 23.6. The van der Waals surface area contributed by atoms with Gasteiger partial charge in [-0.1, -0.05) is 191 Å². The van der Waals surface area contributed by atoms with Crippen molar-refractivity contribution >= 4 is 17.9 Å². The van der Waals surface area contributed by atoms with E-state index in [1.165, 1.54) is 122 Å². The molecule has 56 heavy (non-hydrogen) atoms. The van der Waals surface area contributed by atoms with E-state index >= 15 is 0 Å². The highest BCUT2D eigenvalue weighted by molar-refractivity contribution is 5.71. The number of carbonyl (C=O) groups is 3. The predicted octanol–water partition coefficient (Wildman–Crippen LogP) is 15.1. The van der Waals surface area contributed by atoms with Crippen LogP contribution in [0.4, 0.5) is 0 Å². The molecule has 0 aromatic rings. The van der Waals surface area contributed by atoms with Gasteiger partial charge in [-0.3, -0.25) is 14.4 Å². The molecule has 324 valence electrons. The molecule has 0 bridgehead atoms. The van der Waals surface area contributed by atoms with E-state index in [4.69, 9.17) is 14.2 Å². The average Bonchev–Trinajstić information content (AvgIpc) is 3.19. The second kappa shape index (κ2) is 45.1. The molecule has 0 spiro atoms. The Morgan fingerprint density at radius 1 is 0.375 bits per heavy atom. The van der Waals surface area contributed by atoms with Crippen molar-refractivity contribution in [2.75, 3.05) is 13.2 Å². The minimum absolute atomic E-state index is 0.0930. The van der Waals surface area contributed by atoms with E-state index in [9.17, 15) is 14.4 Å². The molecule has 0 saturated carbocycles. The zero-order chi connectivity index (χ0) is 40.8.